The number of pyridine rings is 1. The van der Waals surface area contributed by atoms with E-state index in [0.717, 1.165) is 6.07 Å². The molecule has 0 aliphatic carbocycles. The van der Waals surface area contributed by atoms with Crippen molar-refractivity contribution in [3.8, 4) is 0 Å². The number of primary sulfonamides is 1. The number of aryl methyl sites for hydroxylation is 2. The SMILES string of the molecule is Cc1cc(C(=O)OCC(=O)Nc2nc(C)c(Cl)cc2Cl)cc(S(N)(=O)=O)c1C. The van der Waals surface area contributed by atoms with E-state index in [1.165, 1.54) is 12.1 Å². The minimum absolute atomic E-state index is 0.0431. The second kappa shape index (κ2) is 8.44. The number of esters is 1. The third kappa shape index (κ3) is 5.20. The van der Waals surface area contributed by atoms with Crippen LogP contribution < -0.4 is 10.5 Å². The van der Waals surface area contributed by atoms with Gasteiger partial charge in [0.15, 0.2) is 12.4 Å². The van der Waals surface area contributed by atoms with Gasteiger partial charge in [-0.3, -0.25) is 4.79 Å². The molecule has 2 aromatic rings. The molecule has 1 aromatic heterocycles. The summed E-state index contributed by atoms with van der Waals surface area (Å²) in [6.45, 7) is 4.21. The molecule has 0 bridgehead atoms. The number of nitrogens with zero attached hydrogens (tertiary/aromatic N) is 1. The molecule has 1 aromatic carbocycles. The first-order valence-electron chi connectivity index (χ1n) is 7.83. The molecule has 150 valence electrons. The first kappa shape index (κ1) is 22.1. The Hall–Kier alpha value is -2.20. The van der Waals surface area contributed by atoms with Gasteiger partial charge >= 0.3 is 5.97 Å². The predicted molar refractivity (Wildman–Crippen MR) is 105 cm³/mol. The summed E-state index contributed by atoms with van der Waals surface area (Å²) in [6, 6.07) is 3.99. The molecular formula is C17H17Cl2N3O5S. The lowest BCUT2D eigenvalue weighted by molar-refractivity contribution is -0.119. The fraction of sp³-hybridized carbons (Fsp3) is 0.235. The van der Waals surface area contributed by atoms with Gasteiger partial charge in [-0.2, -0.15) is 0 Å². The lowest BCUT2D eigenvalue weighted by Gasteiger charge is -2.11. The topological polar surface area (TPSA) is 128 Å². The zero-order chi connectivity index (χ0) is 21.2. The van der Waals surface area contributed by atoms with E-state index in [1.54, 1.807) is 20.8 Å². The molecule has 8 nitrogen and oxygen atoms in total. The van der Waals surface area contributed by atoms with Crippen LogP contribution >= 0.6 is 23.2 Å². The number of hydrogen-bond acceptors (Lipinski definition) is 6. The van der Waals surface area contributed by atoms with Crippen molar-refractivity contribution in [3.63, 3.8) is 0 Å². The minimum atomic E-state index is -4.02. The summed E-state index contributed by atoms with van der Waals surface area (Å²) in [5.74, 6) is -1.48. The molecule has 1 amide bonds. The number of hydrogen-bond donors (Lipinski definition) is 2. The maximum atomic E-state index is 12.2. The normalized spacial score (nSPS) is 11.2. The van der Waals surface area contributed by atoms with Crippen LogP contribution in [-0.4, -0.2) is 31.9 Å². The van der Waals surface area contributed by atoms with Crippen molar-refractivity contribution in [3.05, 3.63) is 50.6 Å². The molecule has 0 saturated carbocycles. The highest BCUT2D eigenvalue weighted by molar-refractivity contribution is 7.89. The van der Waals surface area contributed by atoms with Gasteiger partial charge in [0, 0.05) is 0 Å². The van der Waals surface area contributed by atoms with Gasteiger partial charge in [-0.1, -0.05) is 23.2 Å². The van der Waals surface area contributed by atoms with E-state index in [-0.39, 0.29) is 21.3 Å². The minimum Gasteiger partial charge on any atom is -0.452 e. The van der Waals surface area contributed by atoms with Gasteiger partial charge in [0.1, 0.15) is 0 Å². The van der Waals surface area contributed by atoms with E-state index in [9.17, 15) is 18.0 Å². The average molecular weight is 446 g/mol. The maximum absolute atomic E-state index is 12.2. The number of anilines is 1. The Morgan fingerprint density at radius 3 is 2.39 bits per heavy atom. The Labute approximate surface area is 172 Å². The molecular weight excluding hydrogens is 429 g/mol. The largest absolute Gasteiger partial charge is 0.452 e. The smallest absolute Gasteiger partial charge is 0.338 e. The summed E-state index contributed by atoms with van der Waals surface area (Å²) in [7, 11) is -4.02. The number of halogens is 2. The highest BCUT2D eigenvalue weighted by atomic mass is 35.5. The van der Waals surface area contributed by atoms with Crippen LogP contribution in [0.2, 0.25) is 10.0 Å². The van der Waals surface area contributed by atoms with Crippen molar-refractivity contribution in [1.29, 1.82) is 0 Å². The molecule has 2 rings (SSSR count). The van der Waals surface area contributed by atoms with E-state index in [4.69, 9.17) is 33.1 Å². The Morgan fingerprint density at radius 1 is 1.14 bits per heavy atom. The van der Waals surface area contributed by atoms with Gasteiger partial charge in [0.25, 0.3) is 5.91 Å². The molecule has 0 spiro atoms. The van der Waals surface area contributed by atoms with Crippen LogP contribution in [0.15, 0.2) is 23.1 Å². The van der Waals surface area contributed by atoms with Gasteiger partial charge in [-0.25, -0.2) is 23.3 Å². The van der Waals surface area contributed by atoms with Gasteiger partial charge in [-0.05, 0) is 50.1 Å². The number of nitrogens with two attached hydrogens (primary N) is 1. The van der Waals surface area contributed by atoms with Crippen molar-refractivity contribution in [2.75, 3.05) is 11.9 Å². The number of aromatic nitrogens is 1. The summed E-state index contributed by atoms with van der Waals surface area (Å²) in [5, 5.41) is 8.04. The molecule has 0 radical (unpaired) electrons. The van der Waals surface area contributed by atoms with Gasteiger partial charge in [0.05, 0.1) is 26.2 Å². The quantitative estimate of drug-likeness (QED) is 0.680. The summed E-state index contributed by atoms with van der Waals surface area (Å²) in [4.78, 5) is 28.1. The van der Waals surface area contributed by atoms with Crippen molar-refractivity contribution in [1.82, 2.24) is 4.98 Å². The molecule has 0 aliphatic heterocycles. The highest BCUT2D eigenvalue weighted by Crippen LogP contribution is 2.25. The molecule has 0 unspecified atom stereocenters. The number of carbonyl (C=O) groups is 2. The van der Waals surface area contributed by atoms with Gasteiger partial charge < -0.3 is 10.1 Å². The van der Waals surface area contributed by atoms with Crippen molar-refractivity contribution < 1.29 is 22.7 Å². The predicted octanol–water partition coefficient (Wildman–Crippen LogP) is 2.76. The molecule has 0 saturated heterocycles. The van der Waals surface area contributed by atoms with E-state index in [2.05, 4.69) is 10.3 Å². The van der Waals surface area contributed by atoms with Crippen LogP contribution in [0.25, 0.3) is 0 Å². The first-order chi connectivity index (χ1) is 12.9. The van der Waals surface area contributed by atoms with Gasteiger partial charge in [-0.15, -0.1) is 0 Å². The zero-order valence-electron chi connectivity index (χ0n) is 15.2. The van der Waals surface area contributed by atoms with Crippen LogP contribution in [0.5, 0.6) is 0 Å². The monoisotopic (exact) mass is 445 g/mol. The van der Waals surface area contributed by atoms with Crippen LogP contribution in [-0.2, 0) is 19.6 Å². The van der Waals surface area contributed by atoms with Crippen molar-refractivity contribution in [2.24, 2.45) is 5.14 Å². The molecule has 3 N–H and O–H groups in total. The Kier molecular flexibility index (Phi) is 6.66. The highest BCUT2D eigenvalue weighted by Gasteiger charge is 2.19. The third-order valence-corrected chi connectivity index (χ3v) is 5.57. The number of ether oxygens (including phenoxy) is 1. The van der Waals surface area contributed by atoms with Crippen LogP contribution in [0.3, 0.4) is 0 Å². The molecule has 1 heterocycles. The van der Waals surface area contributed by atoms with Crippen LogP contribution in [0.1, 0.15) is 27.2 Å². The average Bonchev–Trinajstić information content (AvgIpc) is 2.58. The lowest BCUT2D eigenvalue weighted by atomic mass is 10.1. The maximum Gasteiger partial charge on any atom is 0.338 e. The fourth-order valence-corrected chi connectivity index (χ4v) is 3.55. The second-order valence-corrected chi connectivity index (χ2v) is 8.32. The first-order valence-corrected chi connectivity index (χ1v) is 10.1. The second-order valence-electron chi connectivity index (χ2n) is 5.97. The van der Waals surface area contributed by atoms with Crippen LogP contribution in [0.4, 0.5) is 5.82 Å². The van der Waals surface area contributed by atoms with E-state index < -0.39 is 28.5 Å². The molecule has 0 fully saturated rings. The van der Waals surface area contributed by atoms with Crippen LogP contribution in [0, 0.1) is 20.8 Å². The fourth-order valence-electron chi connectivity index (χ4n) is 2.27. The Morgan fingerprint density at radius 2 is 1.79 bits per heavy atom. The number of benzene rings is 1. The number of amides is 1. The summed E-state index contributed by atoms with van der Waals surface area (Å²) >= 11 is 11.8. The van der Waals surface area contributed by atoms with E-state index >= 15 is 0 Å². The number of carbonyl (C=O) groups excluding carboxylic acids is 2. The Balaban J connectivity index is 2.11. The molecule has 11 heteroatoms. The number of rotatable bonds is 5. The standard InChI is InChI=1S/C17H17Cl2N3O5S/c1-8-4-11(5-14(9(8)2)28(20,25)26)17(24)27-7-15(23)22-16-13(19)6-12(18)10(3)21-16/h4-6H,7H2,1-3H3,(H2,20,25,26)(H,21,22,23). The third-order valence-electron chi connectivity index (χ3n) is 3.86. The molecule has 0 atom stereocenters. The summed E-state index contributed by atoms with van der Waals surface area (Å²) in [5.41, 5.74) is 1.38. The number of nitrogens with one attached hydrogen (secondary N) is 1. The van der Waals surface area contributed by atoms with E-state index in [1.807, 2.05) is 0 Å². The van der Waals surface area contributed by atoms with Crippen molar-refractivity contribution >= 4 is 50.9 Å². The number of sulfonamides is 1. The summed E-state index contributed by atoms with van der Waals surface area (Å²) in [6.07, 6.45) is 0. The van der Waals surface area contributed by atoms with E-state index in [0.29, 0.717) is 21.8 Å². The zero-order valence-corrected chi connectivity index (χ0v) is 17.5. The van der Waals surface area contributed by atoms with Gasteiger partial charge in [0.2, 0.25) is 10.0 Å². The Bertz CT molecular complexity index is 1070. The molecule has 28 heavy (non-hydrogen) atoms. The summed E-state index contributed by atoms with van der Waals surface area (Å²) < 4.78 is 28.3. The van der Waals surface area contributed by atoms with Crippen molar-refractivity contribution in [2.45, 2.75) is 25.7 Å². The lowest BCUT2D eigenvalue weighted by Crippen LogP contribution is -2.22. The molecule has 0 aliphatic rings.